The van der Waals surface area contributed by atoms with Gasteiger partial charge >= 0.3 is 6.09 Å². The highest BCUT2D eigenvalue weighted by Gasteiger charge is 2.17. The maximum Gasteiger partial charge on any atom is 0.414 e. The van der Waals surface area contributed by atoms with Crippen LogP contribution >= 0.6 is 0 Å². The molecule has 0 saturated carbocycles. The van der Waals surface area contributed by atoms with Crippen molar-refractivity contribution in [3.63, 3.8) is 0 Å². The number of amides is 1. The molecule has 0 aliphatic heterocycles. The summed E-state index contributed by atoms with van der Waals surface area (Å²) in [5.74, 6) is 1.83. The van der Waals surface area contributed by atoms with E-state index in [9.17, 15) is 9.59 Å². The van der Waals surface area contributed by atoms with E-state index in [2.05, 4.69) is 0 Å². The second kappa shape index (κ2) is 7.64. The van der Waals surface area contributed by atoms with Crippen LogP contribution in [0.5, 0.6) is 17.2 Å². The molecular formula is C21H21NO6. The second-order valence-electron chi connectivity index (χ2n) is 6.35. The second-order valence-corrected chi connectivity index (χ2v) is 6.35. The van der Waals surface area contributed by atoms with Gasteiger partial charge in [0.1, 0.15) is 17.1 Å². The number of rotatable bonds is 4. The number of benzene rings is 2. The van der Waals surface area contributed by atoms with Crippen LogP contribution in [-0.4, -0.2) is 39.3 Å². The van der Waals surface area contributed by atoms with Crippen LogP contribution in [0.25, 0.3) is 22.1 Å². The van der Waals surface area contributed by atoms with Gasteiger partial charge in [0.15, 0.2) is 11.5 Å². The predicted molar refractivity (Wildman–Crippen MR) is 105 cm³/mol. The third-order valence-corrected chi connectivity index (χ3v) is 4.28. The Kier molecular flexibility index (Phi) is 5.26. The maximum absolute atomic E-state index is 13.1. The monoisotopic (exact) mass is 383 g/mol. The summed E-state index contributed by atoms with van der Waals surface area (Å²) in [5, 5.41) is 0.389. The van der Waals surface area contributed by atoms with Gasteiger partial charge in [-0.2, -0.15) is 0 Å². The highest BCUT2D eigenvalue weighted by atomic mass is 16.6. The van der Waals surface area contributed by atoms with E-state index < -0.39 is 6.09 Å². The molecule has 3 rings (SSSR count). The minimum absolute atomic E-state index is 0.184. The molecule has 1 amide bonds. The molecule has 0 atom stereocenters. The lowest BCUT2D eigenvalue weighted by Gasteiger charge is -2.12. The molecule has 1 heterocycles. The molecule has 1 aromatic heterocycles. The fourth-order valence-electron chi connectivity index (χ4n) is 2.87. The van der Waals surface area contributed by atoms with Crippen LogP contribution in [0.4, 0.5) is 4.79 Å². The number of methoxy groups -OCH3 is 2. The lowest BCUT2D eigenvalue weighted by Crippen LogP contribution is -2.25. The van der Waals surface area contributed by atoms with Gasteiger partial charge in [0.25, 0.3) is 0 Å². The predicted octanol–water partition coefficient (Wildman–Crippen LogP) is 3.85. The van der Waals surface area contributed by atoms with Gasteiger partial charge in [-0.1, -0.05) is 6.07 Å². The van der Waals surface area contributed by atoms with E-state index in [1.165, 1.54) is 18.1 Å². The lowest BCUT2D eigenvalue weighted by molar-refractivity contribution is 0.172. The van der Waals surface area contributed by atoms with Crippen LogP contribution in [-0.2, 0) is 0 Å². The van der Waals surface area contributed by atoms with Gasteiger partial charge in [-0.3, -0.25) is 4.79 Å². The summed E-state index contributed by atoms with van der Waals surface area (Å²) in [6.45, 7) is 1.71. The van der Waals surface area contributed by atoms with Gasteiger partial charge in [-0.25, -0.2) is 4.79 Å². The van der Waals surface area contributed by atoms with Crippen molar-refractivity contribution in [2.24, 2.45) is 0 Å². The zero-order valence-corrected chi connectivity index (χ0v) is 16.4. The van der Waals surface area contributed by atoms with E-state index in [0.717, 1.165) is 0 Å². The van der Waals surface area contributed by atoms with Crippen LogP contribution in [0, 0.1) is 6.92 Å². The minimum Gasteiger partial charge on any atom is -0.493 e. The number of hydrogen-bond donors (Lipinski definition) is 0. The summed E-state index contributed by atoms with van der Waals surface area (Å²) >= 11 is 0. The van der Waals surface area contributed by atoms with Crippen molar-refractivity contribution in [1.29, 1.82) is 0 Å². The number of ether oxygens (including phenoxy) is 3. The number of nitrogens with zero attached hydrogens (tertiary/aromatic N) is 1. The Morgan fingerprint density at radius 3 is 2.36 bits per heavy atom. The van der Waals surface area contributed by atoms with E-state index in [0.29, 0.717) is 45.1 Å². The van der Waals surface area contributed by atoms with Crippen molar-refractivity contribution in [1.82, 2.24) is 4.90 Å². The smallest absolute Gasteiger partial charge is 0.414 e. The molecule has 0 bridgehead atoms. The first-order valence-electron chi connectivity index (χ1n) is 8.54. The van der Waals surface area contributed by atoms with Crippen molar-refractivity contribution in [2.75, 3.05) is 28.3 Å². The van der Waals surface area contributed by atoms with E-state index in [1.54, 1.807) is 58.5 Å². The zero-order chi connectivity index (χ0) is 20.4. The molecule has 0 aliphatic rings. The zero-order valence-electron chi connectivity index (χ0n) is 16.4. The Morgan fingerprint density at radius 2 is 1.71 bits per heavy atom. The highest BCUT2D eigenvalue weighted by Crippen LogP contribution is 2.33. The molecule has 7 heteroatoms. The third kappa shape index (κ3) is 3.51. The third-order valence-electron chi connectivity index (χ3n) is 4.28. The first-order valence-corrected chi connectivity index (χ1v) is 8.54. The fourth-order valence-corrected chi connectivity index (χ4v) is 2.87. The summed E-state index contributed by atoms with van der Waals surface area (Å²) < 4.78 is 21.7. The number of carbonyl (C=O) groups excluding carboxylic acids is 1. The molecule has 0 unspecified atom stereocenters. The highest BCUT2D eigenvalue weighted by molar-refractivity contribution is 5.85. The Morgan fingerprint density at radius 1 is 1.00 bits per heavy atom. The molecular weight excluding hydrogens is 362 g/mol. The summed E-state index contributed by atoms with van der Waals surface area (Å²) in [6.07, 6.45) is -0.514. The average Bonchev–Trinajstić information content (AvgIpc) is 2.67. The van der Waals surface area contributed by atoms with Crippen molar-refractivity contribution in [3.05, 3.63) is 52.4 Å². The van der Waals surface area contributed by atoms with Crippen molar-refractivity contribution in [2.45, 2.75) is 6.92 Å². The Labute approximate surface area is 162 Å². The molecule has 0 radical (unpaired) electrons. The number of fused-ring (bicyclic) bond motifs is 1. The number of aryl methyl sites for hydroxylation is 1. The first kappa shape index (κ1) is 19.3. The van der Waals surface area contributed by atoms with Crippen LogP contribution in [0.1, 0.15) is 5.76 Å². The van der Waals surface area contributed by atoms with Gasteiger partial charge in [0.05, 0.1) is 25.2 Å². The van der Waals surface area contributed by atoms with E-state index in [4.69, 9.17) is 18.6 Å². The Bertz CT molecular complexity index is 1100. The van der Waals surface area contributed by atoms with Crippen LogP contribution < -0.4 is 19.6 Å². The molecule has 0 saturated heterocycles. The molecule has 7 nitrogen and oxygen atoms in total. The lowest BCUT2D eigenvalue weighted by atomic mass is 10.0. The molecule has 28 heavy (non-hydrogen) atoms. The Hall–Kier alpha value is -3.48. The van der Waals surface area contributed by atoms with Gasteiger partial charge in [-0.15, -0.1) is 0 Å². The SMILES string of the molecule is COc1ccc(-c2c(C)oc3cc(OC(=O)N(C)C)ccc3c2=O)cc1OC. The summed E-state index contributed by atoms with van der Waals surface area (Å²) in [4.78, 5) is 26.1. The molecule has 0 fully saturated rings. The summed E-state index contributed by atoms with van der Waals surface area (Å²) in [5.41, 5.74) is 1.26. The standard InChI is InChI=1S/C21H21NO6/c1-12-19(13-6-9-16(25-4)18(10-13)26-5)20(23)15-8-7-14(11-17(15)27-12)28-21(24)22(2)3/h6-11H,1-5H3. The minimum atomic E-state index is -0.514. The molecule has 3 aromatic rings. The quantitative estimate of drug-likeness (QED) is 0.681. The maximum atomic E-state index is 13.1. The number of carbonyl (C=O) groups is 1. The summed E-state index contributed by atoms with van der Waals surface area (Å²) in [6, 6.07) is 9.93. The molecule has 0 N–H and O–H groups in total. The molecule has 146 valence electrons. The molecule has 0 spiro atoms. The number of hydrogen-bond acceptors (Lipinski definition) is 6. The van der Waals surface area contributed by atoms with Gasteiger partial charge in [0, 0.05) is 20.2 Å². The fraction of sp³-hybridized carbons (Fsp3) is 0.238. The van der Waals surface area contributed by atoms with Gasteiger partial charge in [-0.05, 0) is 36.8 Å². The topological polar surface area (TPSA) is 78.2 Å². The van der Waals surface area contributed by atoms with Gasteiger partial charge in [0.2, 0.25) is 5.43 Å². The van der Waals surface area contributed by atoms with Crippen molar-refractivity contribution in [3.8, 4) is 28.4 Å². The summed E-state index contributed by atoms with van der Waals surface area (Å²) in [7, 11) is 6.26. The molecule has 2 aromatic carbocycles. The van der Waals surface area contributed by atoms with E-state index in [1.807, 2.05) is 0 Å². The molecule has 0 aliphatic carbocycles. The largest absolute Gasteiger partial charge is 0.493 e. The van der Waals surface area contributed by atoms with E-state index >= 15 is 0 Å². The van der Waals surface area contributed by atoms with Crippen LogP contribution in [0.2, 0.25) is 0 Å². The van der Waals surface area contributed by atoms with Crippen LogP contribution in [0.15, 0.2) is 45.6 Å². The Balaban J connectivity index is 2.11. The van der Waals surface area contributed by atoms with Crippen molar-refractivity contribution < 1.29 is 23.4 Å². The normalized spacial score (nSPS) is 10.6. The van der Waals surface area contributed by atoms with Crippen molar-refractivity contribution >= 4 is 17.1 Å². The van der Waals surface area contributed by atoms with Crippen LogP contribution in [0.3, 0.4) is 0 Å². The average molecular weight is 383 g/mol. The van der Waals surface area contributed by atoms with Gasteiger partial charge < -0.3 is 23.5 Å². The first-order chi connectivity index (χ1) is 13.3. The van der Waals surface area contributed by atoms with E-state index in [-0.39, 0.29) is 5.43 Å².